The first-order chi connectivity index (χ1) is 13.9. The Kier molecular flexibility index (Phi) is 11.3. The molecular formula is C22H43N3O6. The fraction of sp³-hybridized carbons (Fsp3) is 0.864. The van der Waals surface area contributed by atoms with E-state index in [4.69, 9.17) is 19.9 Å². The fourth-order valence-electron chi connectivity index (χ4n) is 2.45. The Hall–Kier alpha value is -2.03. The summed E-state index contributed by atoms with van der Waals surface area (Å²) in [4.78, 5) is 40.0. The van der Waals surface area contributed by atoms with E-state index < -0.39 is 29.0 Å². The lowest BCUT2D eigenvalue weighted by Crippen LogP contribution is -2.46. The molecule has 0 spiro atoms. The van der Waals surface area contributed by atoms with Crippen molar-refractivity contribution >= 4 is 18.2 Å². The minimum Gasteiger partial charge on any atom is -0.460 e. The predicted octanol–water partition coefficient (Wildman–Crippen LogP) is 3.54. The smallest absolute Gasteiger partial charge is 0.410 e. The molecule has 2 N–H and O–H groups in total. The molecule has 0 aromatic rings. The van der Waals surface area contributed by atoms with Crippen LogP contribution >= 0.6 is 0 Å². The topological polar surface area (TPSA) is 111 Å². The molecule has 0 fully saturated rings. The maximum Gasteiger partial charge on any atom is 0.410 e. The van der Waals surface area contributed by atoms with Crippen LogP contribution in [-0.2, 0) is 19.0 Å². The molecule has 0 bridgehead atoms. The van der Waals surface area contributed by atoms with Crippen molar-refractivity contribution in [3.8, 4) is 0 Å². The molecule has 31 heavy (non-hydrogen) atoms. The molecule has 0 aromatic heterocycles. The van der Waals surface area contributed by atoms with E-state index in [-0.39, 0.29) is 32.0 Å². The monoisotopic (exact) mass is 445 g/mol. The highest BCUT2D eigenvalue weighted by molar-refractivity contribution is 5.71. The summed E-state index contributed by atoms with van der Waals surface area (Å²) >= 11 is 0. The van der Waals surface area contributed by atoms with Crippen molar-refractivity contribution in [2.75, 3.05) is 32.7 Å². The van der Waals surface area contributed by atoms with Gasteiger partial charge in [0, 0.05) is 39.1 Å². The van der Waals surface area contributed by atoms with Crippen molar-refractivity contribution in [1.29, 1.82) is 0 Å². The molecule has 0 saturated heterocycles. The number of carbonyl (C=O) groups excluding carboxylic acids is 3. The Labute approximate surface area is 187 Å². The first-order valence-electron chi connectivity index (χ1n) is 10.8. The first kappa shape index (κ1) is 29.0. The largest absolute Gasteiger partial charge is 0.460 e. The van der Waals surface area contributed by atoms with Crippen molar-refractivity contribution in [3.05, 3.63) is 0 Å². The third kappa shape index (κ3) is 15.4. The second-order valence-electron chi connectivity index (χ2n) is 10.4. The summed E-state index contributed by atoms with van der Waals surface area (Å²) in [7, 11) is 0. The maximum atomic E-state index is 12.7. The molecule has 0 aliphatic carbocycles. The lowest BCUT2D eigenvalue weighted by molar-refractivity contribution is -0.155. The number of amides is 2. The Morgan fingerprint density at radius 2 is 1.03 bits per heavy atom. The Bertz CT molecular complexity index is 588. The molecular weight excluding hydrogens is 402 g/mol. The van der Waals surface area contributed by atoms with E-state index in [1.807, 2.05) is 0 Å². The number of hydrogen-bond acceptors (Lipinski definition) is 7. The van der Waals surface area contributed by atoms with Crippen LogP contribution in [0.1, 0.15) is 75.2 Å². The van der Waals surface area contributed by atoms with Gasteiger partial charge in [-0.25, -0.2) is 9.59 Å². The second-order valence-corrected chi connectivity index (χ2v) is 10.4. The van der Waals surface area contributed by atoms with E-state index in [1.165, 1.54) is 9.80 Å². The van der Waals surface area contributed by atoms with Crippen molar-refractivity contribution in [2.24, 2.45) is 5.73 Å². The zero-order chi connectivity index (χ0) is 24.5. The van der Waals surface area contributed by atoms with Crippen molar-refractivity contribution < 1.29 is 28.6 Å². The van der Waals surface area contributed by atoms with Crippen LogP contribution < -0.4 is 5.73 Å². The molecule has 0 atom stereocenters. The molecule has 0 aromatic carbocycles. The van der Waals surface area contributed by atoms with Crippen LogP contribution in [0.25, 0.3) is 0 Å². The van der Waals surface area contributed by atoms with Gasteiger partial charge in [0.15, 0.2) is 0 Å². The van der Waals surface area contributed by atoms with Crippen molar-refractivity contribution in [3.63, 3.8) is 0 Å². The summed E-state index contributed by atoms with van der Waals surface area (Å²) in [6, 6.07) is 0. The Morgan fingerprint density at radius 1 is 0.645 bits per heavy atom. The maximum absolute atomic E-state index is 12.7. The highest BCUT2D eigenvalue weighted by atomic mass is 16.6. The summed E-state index contributed by atoms with van der Waals surface area (Å²) in [5.41, 5.74) is 3.78. The van der Waals surface area contributed by atoms with Gasteiger partial charge in [0.25, 0.3) is 0 Å². The molecule has 0 heterocycles. The molecule has 182 valence electrons. The van der Waals surface area contributed by atoms with Gasteiger partial charge in [0.05, 0.1) is 0 Å². The van der Waals surface area contributed by atoms with Crippen molar-refractivity contribution in [1.82, 2.24) is 9.80 Å². The SMILES string of the molecule is CC(C)(C)OC(=O)CCCN(CCN(CCN)C(=O)OC(C)(C)C)C(=O)OC(C)(C)C. The third-order valence-electron chi connectivity index (χ3n) is 3.57. The zero-order valence-corrected chi connectivity index (χ0v) is 20.9. The van der Waals surface area contributed by atoms with Gasteiger partial charge in [-0.1, -0.05) is 0 Å². The van der Waals surface area contributed by atoms with E-state index in [2.05, 4.69) is 0 Å². The third-order valence-corrected chi connectivity index (χ3v) is 3.57. The average Bonchev–Trinajstić information content (AvgIpc) is 2.51. The van der Waals surface area contributed by atoms with Gasteiger partial charge in [-0.05, 0) is 68.7 Å². The first-order valence-corrected chi connectivity index (χ1v) is 10.8. The van der Waals surface area contributed by atoms with Gasteiger partial charge >= 0.3 is 18.2 Å². The predicted molar refractivity (Wildman–Crippen MR) is 120 cm³/mol. The molecule has 0 aliphatic heterocycles. The molecule has 0 radical (unpaired) electrons. The van der Waals surface area contributed by atoms with Gasteiger partial charge in [0.2, 0.25) is 0 Å². The normalized spacial score (nSPS) is 12.2. The van der Waals surface area contributed by atoms with Crippen LogP contribution in [0.2, 0.25) is 0 Å². The number of nitrogens with zero attached hydrogens (tertiary/aromatic N) is 2. The molecule has 0 aliphatic rings. The number of rotatable bonds is 9. The number of esters is 1. The molecule has 9 heteroatoms. The van der Waals surface area contributed by atoms with Gasteiger partial charge in [-0.2, -0.15) is 0 Å². The summed E-state index contributed by atoms with van der Waals surface area (Å²) in [6.07, 6.45) is -0.406. The van der Waals surface area contributed by atoms with Gasteiger partial charge in [-0.3, -0.25) is 4.79 Å². The molecule has 9 nitrogen and oxygen atoms in total. The summed E-state index contributed by atoms with van der Waals surface area (Å²) < 4.78 is 16.2. The van der Waals surface area contributed by atoms with E-state index in [0.29, 0.717) is 19.5 Å². The minimum atomic E-state index is -0.664. The summed E-state index contributed by atoms with van der Waals surface area (Å²) in [5.74, 6) is -0.324. The highest BCUT2D eigenvalue weighted by Gasteiger charge is 2.26. The van der Waals surface area contributed by atoms with E-state index in [1.54, 1.807) is 62.3 Å². The van der Waals surface area contributed by atoms with Crippen LogP contribution in [0.15, 0.2) is 0 Å². The van der Waals surface area contributed by atoms with Crippen LogP contribution in [-0.4, -0.2) is 77.5 Å². The van der Waals surface area contributed by atoms with Crippen LogP contribution in [0.4, 0.5) is 9.59 Å². The number of carbonyl (C=O) groups is 3. The molecule has 0 saturated carbocycles. The lowest BCUT2D eigenvalue weighted by atomic mass is 10.2. The highest BCUT2D eigenvalue weighted by Crippen LogP contribution is 2.14. The summed E-state index contributed by atoms with van der Waals surface area (Å²) in [6.45, 7) is 17.4. The van der Waals surface area contributed by atoms with Gasteiger partial charge in [-0.15, -0.1) is 0 Å². The number of nitrogens with two attached hydrogens (primary N) is 1. The second kappa shape index (κ2) is 12.1. The molecule has 0 unspecified atom stereocenters. The Balaban J connectivity index is 5.08. The van der Waals surface area contributed by atoms with Gasteiger partial charge in [0.1, 0.15) is 16.8 Å². The van der Waals surface area contributed by atoms with E-state index >= 15 is 0 Å². The van der Waals surface area contributed by atoms with Crippen LogP contribution in [0.5, 0.6) is 0 Å². The van der Waals surface area contributed by atoms with E-state index in [9.17, 15) is 14.4 Å². The quantitative estimate of drug-likeness (QED) is 0.427. The molecule has 0 rings (SSSR count). The standard InChI is InChI=1S/C22H43N3O6/c1-20(2,3)29-17(26)11-10-13-24(18(27)30-21(4,5)6)15-16-25(14-12-23)19(28)31-22(7,8)9/h10-16,23H2,1-9H3. The number of hydrogen-bond donors (Lipinski definition) is 1. The Morgan fingerprint density at radius 3 is 1.39 bits per heavy atom. The summed E-state index contributed by atoms with van der Waals surface area (Å²) in [5, 5.41) is 0. The number of ether oxygens (including phenoxy) is 3. The average molecular weight is 446 g/mol. The lowest BCUT2D eigenvalue weighted by Gasteiger charge is -2.31. The van der Waals surface area contributed by atoms with E-state index in [0.717, 1.165) is 0 Å². The van der Waals surface area contributed by atoms with Crippen LogP contribution in [0, 0.1) is 0 Å². The minimum absolute atomic E-state index is 0.176. The molecule has 2 amide bonds. The zero-order valence-electron chi connectivity index (χ0n) is 20.9. The fourth-order valence-corrected chi connectivity index (χ4v) is 2.45. The van der Waals surface area contributed by atoms with Gasteiger partial charge < -0.3 is 29.7 Å². The van der Waals surface area contributed by atoms with Crippen LogP contribution in [0.3, 0.4) is 0 Å². The van der Waals surface area contributed by atoms with Crippen molar-refractivity contribution in [2.45, 2.75) is 92.0 Å².